The van der Waals surface area contributed by atoms with Crippen LogP contribution in [-0.4, -0.2) is 29.7 Å². The van der Waals surface area contributed by atoms with Gasteiger partial charge in [-0.15, -0.1) is 0 Å². The Bertz CT molecular complexity index is 469. The van der Waals surface area contributed by atoms with Crippen molar-refractivity contribution in [1.82, 2.24) is 4.90 Å². The zero-order valence-corrected chi connectivity index (χ0v) is 11.0. The predicted octanol–water partition coefficient (Wildman–Crippen LogP) is 3.46. The molecule has 0 aromatic heterocycles. The van der Waals surface area contributed by atoms with E-state index in [9.17, 15) is 4.79 Å². The van der Waals surface area contributed by atoms with Crippen LogP contribution >= 0.6 is 0 Å². The Kier molecular flexibility index (Phi) is 3.53. The van der Waals surface area contributed by atoms with Crippen molar-refractivity contribution in [1.29, 1.82) is 0 Å². The van der Waals surface area contributed by atoms with Crippen molar-refractivity contribution < 1.29 is 9.53 Å². The summed E-state index contributed by atoms with van der Waals surface area (Å²) in [7, 11) is 0. The molecule has 19 heavy (non-hydrogen) atoms. The van der Waals surface area contributed by atoms with Crippen molar-refractivity contribution in [2.24, 2.45) is 0 Å². The number of hydrogen-bond donors (Lipinski definition) is 0. The van der Waals surface area contributed by atoms with E-state index >= 15 is 0 Å². The van der Waals surface area contributed by atoms with Gasteiger partial charge in [0, 0.05) is 19.0 Å². The first kappa shape index (κ1) is 12.3. The number of carbonyl (C=O) groups is 1. The molecule has 3 rings (SSSR count). The van der Waals surface area contributed by atoms with Gasteiger partial charge in [-0.25, -0.2) is 4.79 Å². The third-order valence-electron chi connectivity index (χ3n) is 3.92. The molecule has 3 heteroatoms. The number of benzene rings is 1. The Labute approximate surface area is 113 Å². The van der Waals surface area contributed by atoms with Crippen LogP contribution in [-0.2, 0) is 4.74 Å². The number of cyclic esters (lactones) is 1. The number of hydrogen-bond acceptors (Lipinski definition) is 2. The van der Waals surface area contributed by atoms with E-state index < -0.39 is 0 Å². The molecule has 1 amide bonds. The fourth-order valence-electron chi connectivity index (χ4n) is 2.90. The largest absolute Gasteiger partial charge is 0.442 e. The molecule has 0 saturated carbocycles. The molecule has 0 N–H and O–H groups in total. The van der Waals surface area contributed by atoms with E-state index in [0.29, 0.717) is 6.04 Å². The second-order valence-electron chi connectivity index (χ2n) is 5.27. The number of fused-ring (bicyclic) bond motifs is 1. The average Bonchev–Trinajstić information content (AvgIpc) is 2.46. The van der Waals surface area contributed by atoms with Crippen LogP contribution in [0.15, 0.2) is 36.4 Å². The van der Waals surface area contributed by atoms with Crippen molar-refractivity contribution in [3.63, 3.8) is 0 Å². The molecule has 1 aromatic rings. The molecule has 1 aromatic carbocycles. The summed E-state index contributed by atoms with van der Waals surface area (Å²) < 4.78 is 5.48. The summed E-state index contributed by atoms with van der Waals surface area (Å²) in [4.78, 5) is 13.8. The monoisotopic (exact) mass is 257 g/mol. The minimum Gasteiger partial charge on any atom is -0.442 e. The Morgan fingerprint density at radius 3 is 2.89 bits per heavy atom. The van der Waals surface area contributed by atoms with E-state index in [1.165, 1.54) is 6.42 Å². The van der Waals surface area contributed by atoms with Gasteiger partial charge in [-0.1, -0.05) is 36.4 Å². The van der Waals surface area contributed by atoms with Gasteiger partial charge in [-0.3, -0.25) is 0 Å². The van der Waals surface area contributed by atoms with Gasteiger partial charge in [0.05, 0.1) is 0 Å². The molecule has 2 unspecified atom stereocenters. The predicted molar refractivity (Wildman–Crippen MR) is 74.7 cm³/mol. The third-order valence-corrected chi connectivity index (χ3v) is 3.92. The maximum Gasteiger partial charge on any atom is 0.410 e. The highest BCUT2D eigenvalue weighted by Crippen LogP contribution is 2.27. The summed E-state index contributed by atoms with van der Waals surface area (Å²) in [6.07, 6.45) is 8.21. The Morgan fingerprint density at radius 2 is 2.05 bits per heavy atom. The topological polar surface area (TPSA) is 29.5 Å². The summed E-state index contributed by atoms with van der Waals surface area (Å²) in [5.41, 5.74) is 1.14. The lowest BCUT2D eigenvalue weighted by Crippen LogP contribution is -2.50. The average molecular weight is 257 g/mol. The van der Waals surface area contributed by atoms with Crippen molar-refractivity contribution in [2.75, 3.05) is 6.54 Å². The summed E-state index contributed by atoms with van der Waals surface area (Å²) >= 11 is 0. The van der Waals surface area contributed by atoms with Gasteiger partial charge in [-0.05, 0) is 30.9 Å². The number of nitrogens with zero attached hydrogens (tertiary/aromatic N) is 1. The number of amides is 1. The fraction of sp³-hybridized carbons (Fsp3) is 0.438. The van der Waals surface area contributed by atoms with Gasteiger partial charge >= 0.3 is 6.09 Å². The van der Waals surface area contributed by atoms with Gasteiger partial charge in [0.15, 0.2) is 0 Å². The first-order chi connectivity index (χ1) is 9.33. The molecule has 0 radical (unpaired) electrons. The lowest BCUT2D eigenvalue weighted by molar-refractivity contribution is 0.00483. The van der Waals surface area contributed by atoms with Crippen LogP contribution in [0.3, 0.4) is 0 Å². The summed E-state index contributed by atoms with van der Waals surface area (Å²) in [6.45, 7) is 0.860. The van der Waals surface area contributed by atoms with Crippen LogP contribution in [0.5, 0.6) is 0 Å². The van der Waals surface area contributed by atoms with E-state index in [1.54, 1.807) is 0 Å². The van der Waals surface area contributed by atoms with Crippen molar-refractivity contribution in [3.8, 4) is 0 Å². The standard InChI is InChI=1S/C16H19NO2/c18-16-17-11-5-4-8-14(17)12-15(19-16)10-9-13-6-2-1-3-7-13/h1-3,6-7,9-10,14-15H,4-5,8,11-12H2/b10-9+. The van der Waals surface area contributed by atoms with Crippen LogP contribution in [0.25, 0.3) is 6.08 Å². The number of ether oxygens (including phenoxy) is 1. The first-order valence-corrected chi connectivity index (χ1v) is 7.03. The minimum absolute atomic E-state index is 0.0768. The molecular formula is C16H19NO2. The SMILES string of the molecule is O=C1OC(/C=C/c2ccccc2)CC2CCCCN12. The quantitative estimate of drug-likeness (QED) is 0.812. The number of carbonyl (C=O) groups excluding carboxylic acids is 1. The number of rotatable bonds is 2. The molecular weight excluding hydrogens is 238 g/mol. The van der Waals surface area contributed by atoms with Gasteiger partial charge in [-0.2, -0.15) is 0 Å². The summed E-state index contributed by atoms with van der Waals surface area (Å²) in [5, 5.41) is 0. The van der Waals surface area contributed by atoms with E-state index in [-0.39, 0.29) is 12.2 Å². The zero-order valence-electron chi connectivity index (χ0n) is 11.0. The molecule has 0 bridgehead atoms. The minimum atomic E-state index is -0.140. The van der Waals surface area contributed by atoms with Crippen molar-refractivity contribution in [2.45, 2.75) is 37.8 Å². The lowest BCUT2D eigenvalue weighted by Gasteiger charge is -2.40. The van der Waals surface area contributed by atoms with Crippen LogP contribution < -0.4 is 0 Å². The van der Waals surface area contributed by atoms with Crippen LogP contribution in [0, 0.1) is 0 Å². The van der Waals surface area contributed by atoms with E-state index in [0.717, 1.165) is 31.4 Å². The lowest BCUT2D eigenvalue weighted by atomic mass is 9.95. The molecule has 0 aliphatic carbocycles. The number of piperidine rings is 1. The fourth-order valence-corrected chi connectivity index (χ4v) is 2.90. The van der Waals surface area contributed by atoms with Crippen LogP contribution in [0.1, 0.15) is 31.2 Å². The molecule has 100 valence electrons. The van der Waals surface area contributed by atoms with Crippen molar-refractivity contribution >= 4 is 12.2 Å². The highest BCUT2D eigenvalue weighted by Gasteiger charge is 2.35. The van der Waals surface area contributed by atoms with Gasteiger partial charge < -0.3 is 9.64 Å². The first-order valence-electron chi connectivity index (χ1n) is 7.03. The van der Waals surface area contributed by atoms with E-state index in [1.807, 2.05) is 47.4 Å². The van der Waals surface area contributed by atoms with Gasteiger partial charge in [0.2, 0.25) is 0 Å². The second kappa shape index (κ2) is 5.47. The normalized spacial score (nSPS) is 27.2. The zero-order chi connectivity index (χ0) is 13.1. The Hall–Kier alpha value is -1.77. The maximum atomic E-state index is 11.9. The summed E-state index contributed by atoms with van der Waals surface area (Å²) in [6, 6.07) is 10.5. The molecule has 2 saturated heterocycles. The highest BCUT2D eigenvalue weighted by atomic mass is 16.6. The molecule has 2 fully saturated rings. The van der Waals surface area contributed by atoms with Crippen LogP contribution in [0.2, 0.25) is 0 Å². The Balaban J connectivity index is 1.66. The van der Waals surface area contributed by atoms with Crippen LogP contribution in [0.4, 0.5) is 4.79 Å². The maximum absolute atomic E-state index is 11.9. The van der Waals surface area contributed by atoms with Gasteiger partial charge in [0.1, 0.15) is 6.10 Å². The van der Waals surface area contributed by atoms with E-state index in [2.05, 4.69) is 0 Å². The van der Waals surface area contributed by atoms with E-state index in [4.69, 9.17) is 4.74 Å². The third kappa shape index (κ3) is 2.80. The Morgan fingerprint density at radius 1 is 1.21 bits per heavy atom. The molecule has 0 spiro atoms. The molecule has 2 heterocycles. The molecule has 2 atom stereocenters. The molecule has 2 aliphatic rings. The highest BCUT2D eigenvalue weighted by molar-refractivity contribution is 5.69. The van der Waals surface area contributed by atoms with Gasteiger partial charge in [0.25, 0.3) is 0 Å². The molecule has 2 aliphatic heterocycles. The molecule has 3 nitrogen and oxygen atoms in total. The van der Waals surface area contributed by atoms with Crippen molar-refractivity contribution in [3.05, 3.63) is 42.0 Å². The summed E-state index contributed by atoms with van der Waals surface area (Å²) in [5.74, 6) is 0. The second-order valence-corrected chi connectivity index (χ2v) is 5.27. The smallest absolute Gasteiger partial charge is 0.410 e.